The molecule has 25 heavy (non-hydrogen) atoms. The average Bonchev–Trinajstić information content (AvgIpc) is 2.54. The Labute approximate surface area is 162 Å². The highest BCUT2D eigenvalue weighted by Crippen LogP contribution is 2.10. The zero-order valence-electron chi connectivity index (χ0n) is 14.6. The molecule has 0 aliphatic rings. The normalized spacial score (nSPS) is 11.2. The van der Waals surface area contributed by atoms with Crippen LogP contribution in [0.1, 0.15) is 16.7 Å². The van der Waals surface area contributed by atoms with Gasteiger partial charge in [-0.2, -0.15) is 0 Å². The van der Waals surface area contributed by atoms with E-state index in [9.17, 15) is 4.79 Å². The first-order valence-corrected chi connectivity index (χ1v) is 7.85. The SMILES string of the molecule is CN(C)Cc1ccccc1CNC(=O)C(N)Cc1ccccc1.Cl.Cl. The standard InChI is InChI=1S/C19H25N3O.2ClH/c1-22(2)14-17-11-7-6-10-16(17)13-21-19(23)18(20)12-15-8-4-3-5-9-15;;/h3-11,18H,12-14,20H2,1-2H3,(H,21,23);2*1H. The topological polar surface area (TPSA) is 58.4 Å². The van der Waals surface area contributed by atoms with Crippen molar-refractivity contribution in [2.45, 2.75) is 25.6 Å². The first-order chi connectivity index (χ1) is 11.1. The molecule has 0 aliphatic carbocycles. The van der Waals surface area contributed by atoms with Gasteiger partial charge in [-0.25, -0.2) is 0 Å². The van der Waals surface area contributed by atoms with Crippen molar-refractivity contribution in [2.24, 2.45) is 5.73 Å². The van der Waals surface area contributed by atoms with Gasteiger partial charge in [-0.3, -0.25) is 4.79 Å². The molecule has 1 unspecified atom stereocenters. The quantitative estimate of drug-likeness (QED) is 0.772. The Morgan fingerprint density at radius 3 is 2.16 bits per heavy atom. The van der Waals surface area contributed by atoms with Gasteiger partial charge in [-0.1, -0.05) is 54.6 Å². The molecular formula is C19H27Cl2N3O. The van der Waals surface area contributed by atoms with Crippen molar-refractivity contribution >= 4 is 30.7 Å². The van der Waals surface area contributed by atoms with Crippen LogP contribution in [0.4, 0.5) is 0 Å². The van der Waals surface area contributed by atoms with Crippen molar-refractivity contribution in [1.82, 2.24) is 10.2 Å². The lowest BCUT2D eigenvalue weighted by Crippen LogP contribution is -2.41. The molecule has 2 aromatic rings. The summed E-state index contributed by atoms with van der Waals surface area (Å²) in [5, 5.41) is 2.95. The first-order valence-electron chi connectivity index (χ1n) is 7.85. The molecule has 0 aromatic heterocycles. The van der Waals surface area contributed by atoms with E-state index in [0.29, 0.717) is 13.0 Å². The molecule has 2 aromatic carbocycles. The minimum Gasteiger partial charge on any atom is -0.351 e. The smallest absolute Gasteiger partial charge is 0.237 e. The lowest BCUT2D eigenvalue weighted by atomic mass is 10.0. The minimum absolute atomic E-state index is 0. The Morgan fingerprint density at radius 2 is 1.56 bits per heavy atom. The summed E-state index contributed by atoms with van der Waals surface area (Å²) in [6.45, 7) is 1.35. The number of nitrogens with one attached hydrogen (secondary N) is 1. The Morgan fingerprint density at radius 1 is 1.00 bits per heavy atom. The molecule has 4 nitrogen and oxygen atoms in total. The van der Waals surface area contributed by atoms with Crippen molar-refractivity contribution in [3.8, 4) is 0 Å². The van der Waals surface area contributed by atoms with Gasteiger partial charge in [0.15, 0.2) is 0 Å². The van der Waals surface area contributed by atoms with Gasteiger partial charge in [0.25, 0.3) is 0 Å². The van der Waals surface area contributed by atoms with Crippen molar-refractivity contribution in [1.29, 1.82) is 0 Å². The van der Waals surface area contributed by atoms with Crippen molar-refractivity contribution in [2.75, 3.05) is 14.1 Å². The number of hydrogen-bond acceptors (Lipinski definition) is 3. The highest BCUT2D eigenvalue weighted by molar-refractivity contribution is 5.85. The molecule has 1 atom stereocenters. The molecule has 0 saturated carbocycles. The van der Waals surface area contributed by atoms with Gasteiger partial charge >= 0.3 is 0 Å². The lowest BCUT2D eigenvalue weighted by Gasteiger charge is -2.16. The van der Waals surface area contributed by atoms with Crippen LogP contribution >= 0.6 is 24.8 Å². The largest absolute Gasteiger partial charge is 0.351 e. The molecule has 0 saturated heterocycles. The third-order valence-corrected chi connectivity index (χ3v) is 3.69. The maximum absolute atomic E-state index is 12.2. The Bertz CT molecular complexity index is 636. The summed E-state index contributed by atoms with van der Waals surface area (Å²) in [6.07, 6.45) is 0.548. The lowest BCUT2D eigenvalue weighted by molar-refractivity contribution is -0.122. The maximum Gasteiger partial charge on any atom is 0.237 e. The number of benzene rings is 2. The summed E-state index contributed by atoms with van der Waals surface area (Å²) >= 11 is 0. The number of hydrogen-bond donors (Lipinski definition) is 2. The van der Waals surface area contributed by atoms with Crippen LogP contribution in [0, 0.1) is 0 Å². The summed E-state index contributed by atoms with van der Waals surface area (Å²) < 4.78 is 0. The Balaban J connectivity index is 0.00000288. The molecule has 0 spiro atoms. The van der Waals surface area contributed by atoms with Gasteiger partial charge in [-0.05, 0) is 37.2 Å². The molecule has 0 fully saturated rings. The van der Waals surface area contributed by atoms with Crippen molar-refractivity contribution < 1.29 is 4.79 Å². The maximum atomic E-state index is 12.2. The van der Waals surface area contributed by atoms with Crippen LogP contribution in [0.2, 0.25) is 0 Å². The summed E-state index contributed by atoms with van der Waals surface area (Å²) in [6, 6.07) is 17.5. The number of amides is 1. The zero-order chi connectivity index (χ0) is 16.7. The molecule has 2 rings (SSSR count). The van der Waals surface area contributed by atoms with Crippen LogP contribution in [0.25, 0.3) is 0 Å². The van der Waals surface area contributed by atoms with Crippen LogP contribution in [0.5, 0.6) is 0 Å². The van der Waals surface area contributed by atoms with E-state index in [4.69, 9.17) is 5.73 Å². The highest BCUT2D eigenvalue weighted by Gasteiger charge is 2.14. The Kier molecular flexibility index (Phi) is 11.1. The van der Waals surface area contributed by atoms with Crippen LogP contribution in [-0.2, 0) is 24.3 Å². The minimum atomic E-state index is -0.529. The average molecular weight is 384 g/mol. The molecule has 138 valence electrons. The highest BCUT2D eigenvalue weighted by atomic mass is 35.5. The number of carbonyl (C=O) groups is 1. The number of nitrogens with zero attached hydrogens (tertiary/aromatic N) is 1. The van der Waals surface area contributed by atoms with Crippen LogP contribution in [-0.4, -0.2) is 30.9 Å². The van der Waals surface area contributed by atoms with Crippen molar-refractivity contribution in [3.05, 3.63) is 71.3 Å². The van der Waals surface area contributed by atoms with E-state index in [0.717, 1.165) is 17.7 Å². The van der Waals surface area contributed by atoms with Gasteiger partial charge in [0.1, 0.15) is 0 Å². The first kappa shape index (κ1) is 23.4. The van der Waals surface area contributed by atoms with Gasteiger partial charge in [-0.15, -0.1) is 24.8 Å². The predicted octanol–water partition coefficient (Wildman–Crippen LogP) is 2.78. The van der Waals surface area contributed by atoms with E-state index >= 15 is 0 Å². The summed E-state index contributed by atoms with van der Waals surface area (Å²) in [5.41, 5.74) is 9.43. The number of rotatable bonds is 7. The van der Waals surface area contributed by atoms with Gasteiger partial charge < -0.3 is 16.0 Å². The van der Waals surface area contributed by atoms with Crippen LogP contribution in [0.15, 0.2) is 54.6 Å². The second-order valence-electron chi connectivity index (χ2n) is 6.02. The summed E-state index contributed by atoms with van der Waals surface area (Å²) in [7, 11) is 4.07. The van der Waals surface area contributed by atoms with Gasteiger partial charge in [0, 0.05) is 13.1 Å². The molecule has 3 N–H and O–H groups in total. The van der Waals surface area contributed by atoms with Gasteiger partial charge in [0.05, 0.1) is 6.04 Å². The van der Waals surface area contributed by atoms with Crippen LogP contribution in [0.3, 0.4) is 0 Å². The van der Waals surface area contributed by atoms with E-state index in [1.165, 1.54) is 5.56 Å². The third kappa shape index (κ3) is 7.88. The fourth-order valence-corrected chi connectivity index (χ4v) is 2.50. The van der Waals surface area contributed by atoms with E-state index in [-0.39, 0.29) is 30.7 Å². The number of halogens is 2. The predicted molar refractivity (Wildman–Crippen MR) is 108 cm³/mol. The molecule has 0 bridgehead atoms. The van der Waals surface area contributed by atoms with Crippen LogP contribution < -0.4 is 11.1 Å². The molecule has 6 heteroatoms. The Hall–Kier alpha value is -1.59. The monoisotopic (exact) mass is 383 g/mol. The number of nitrogens with two attached hydrogens (primary N) is 1. The van der Waals surface area contributed by atoms with E-state index in [1.807, 2.05) is 62.6 Å². The summed E-state index contributed by atoms with van der Waals surface area (Å²) in [5.74, 6) is -0.117. The fourth-order valence-electron chi connectivity index (χ4n) is 2.50. The van der Waals surface area contributed by atoms with E-state index in [1.54, 1.807) is 0 Å². The zero-order valence-corrected chi connectivity index (χ0v) is 16.3. The fraction of sp³-hybridized carbons (Fsp3) is 0.316. The van der Waals surface area contributed by atoms with Gasteiger partial charge in [0.2, 0.25) is 5.91 Å². The molecular weight excluding hydrogens is 357 g/mol. The van der Waals surface area contributed by atoms with E-state index in [2.05, 4.69) is 16.3 Å². The van der Waals surface area contributed by atoms with E-state index < -0.39 is 6.04 Å². The second kappa shape index (κ2) is 11.9. The summed E-state index contributed by atoms with van der Waals surface area (Å²) in [4.78, 5) is 14.3. The molecule has 0 aliphatic heterocycles. The third-order valence-electron chi connectivity index (χ3n) is 3.69. The molecule has 1 amide bonds. The molecule has 0 heterocycles. The second-order valence-corrected chi connectivity index (χ2v) is 6.02. The molecule has 0 radical (unpaired) electrons. The van der Waals surface area contributed by atoms with Crippen molar-refractivity contribution in [3.63, 3.8) is 0 Å². The number of carbonyl (C=O) groups excluding carboxylic acids is 1.